The normalized spacial score (nSPS) is 16.2. The maximum Gasteiger partial charge on any atom is 0.326 e. The van der Waals surface area contributed by atoms with Gasteiger partial charge in [0.1, 0.15) is 18.1 Å². The number of amides is 1. The largest absolute Gasteiger partial charge is 0.480 e. The second-order valence-electron chi connectivity index (χ2n) is 8.07. The molecule has 0 aliphatic carbocycles. The minimum absolute atomic E-state index is 0.0714. The summed E-state index contributed by atoms with van der Waals surface area (Å²) in [6.07, 6.45) is 3.48. The van der Waals surface area contributed by atoms with Crippen molar-refractivity contribution in [3.63, 3.8) is 0 Å². The van der Waals surface area contributed by atoms with Gasteiger partial charge in [-0.2, -0.15) is 11.8 Å². The number of likely N-dealkylation sites (tertiary alicyclic amines) is 1. The van der Waals surface area contributed by atoms with Crippen molar-refractivity contribution in [2.24, 2.45) is 11.5 Å². The van der Waals surface area contributed by atoms with E-state index in [0.717, 1.165) is 11.3 Å². The Morgan fingerprint density at radius 1 is 1.08 bits per heavy atom. The van der Waals surface area contributed by atoms with Gasteiger partial charge in [-0.1, -0.05) is 17.7 Å². The van der Waals surface area contributed by atoms with E-state index >= 15 is 0 Å². The van der Waals surface area contributed by atoms with Crippen molar-refractivity contribution in [2.75, 3.05) is 31.7 Å². The molecule has 1 aromatic carbocycles. The van der Waals surface area contributed by atoms with Crippen LogP contribution in [0.2, 0.25) is 0 Å². The molecule has 0 unspecified atom stereocenters. The summed E-state index contributed by atoms with van der Waals surface area (Å²) in [6.45, 7) is 1.23. The maximum atomic E-state index is 12.1. The molecule has 9 N–H and O–H groups in total. The van der Waals surface area contributed by atoms with Crippen molar-refractivity contribution in [1.29, 1.82) is 0 Å². The molecule has 0 aromatic heterocycles. The lowest BCUT2D eigenvalue weighted by Crippen LogP contribution is -2.45. The van der Waals surface area contributed by atoms with Crippen LogP contribution in [-0.2, 0) is 29.2 Å². The van der Waals surface area contributed by atoms with E-state index in [-0.39, 0.29) is 4.90 Å². The number of carbonyl (C=O) groups excluding carboxylic acids is 1. The van der Waals surface area contributed by atoms with Gasteiger partial charge < -0.3 is 36.8 Å². The number of carbonyl (C=O) groups is 4. The van der Waals surface area contributed by atoms with Crippen molar-refractivity contribution in [3.05, 3.63) is 29.8 Å². The van der Waals surface area contributed by atoms with Crippen molar-refractivity contribution in [1.82, 2.24) is 9.62 Å². The summed E-state index contributed by atoms with van der Waals surface area (Å²) >= 11 is 1.60. The number of nitrogens with zero attached hydrogens (tertiary/aromatic N) is 1. The van der Waals surface area contributed by atoms with E-state index in [1.165, 1.54) is 17.0 Å². The third-order valence-corrected chi connectivity index (χ3v) is 7.13. The summed E-state index contributed by atoms with van der Waals surface area (Å²) in [4.78, 5) is 44.1. The van der Waals surface area contributed by atoms with E-state index in [0.29, 0.717) is 25.8 Å². The molecule has 2 rings (SSSR count). The molecular formula is C22H36N4O10S2. The summed E-state index contributed by atoms with van der Waals surface area (Å²) in [5, 5.41) is 33.2. The van der Waals surface area contributed by atoms with Crippen molar-refractivity contribution < 1.29 is 48.0 Å². The van der Waals surface area contributed by atoms with Gasteiger partial charge in [-0.05, 0) is 50.3 Å². The zero-order valence-electron chi connectivity index (χ0n) is 21.1. The molecule has 0 radical (unpaired) electrons. The predicted molar refractivity (Wildman–Crippen MR) is 140 cm³/mol. The summed E-state index contributed by atoms with van der Waals surface area (Å²) in [5.74, 6) is -2.87. The van der Waals surface area contributed by atoms with Gasteiger partial charge >= 0.3 is 17.9 Å². The lowest BCUT2D eigenvalue weighted by Gasteiger charge is -2.21. The number of thioether (sulfide) groups is 1. The Kier molecular flexibility index (Phi) is 16.4. The number of aliphatic hydroxyl groups excluding tert-OH is 1. The van der Waals surface area contributed by atoms with Crippen LogP contribution in [0.25, 0.3) is 0 Å². The Balaban J connectivity index is 0.000000706. The number of aliphatic carboxylic acids is 3. The van der Waals surface area contributed by atoms with Gasteiger partial charge in [0.15, 0.2) is 0 Å². The Morgan fingerprint density at radius 3 is 2.05 bits per heavy atom. The molecule has 0 saturated carbocycles. The summed E-state index contributed by atoms with van der Waals surface area (Å²) in [6, 6.07) is 3.57. The Morgan fingerprint density at radius 2 is 1.63 bits per heavy atom. The first kappa shape index (κ1) is 35.2. The molecule has 16 heteroatoms. The van der Waals surface area contributed by atoms with Crippen molar-refractivity contribution in [3.8, 4) is 0 Å². The lowest BCUT2D eigenvalue weighted by molar-refractivity contribution is -0.147. The Bertz CT molecular complexity index is 1020. The Hall–Kier alpha value is -2.76. The van der Waals surface area contributed by atoms with Crippen LogP contribution < -0.4 is 16.2 Å². The standard InChI is InChI=1S/C14H18N2O5S.C5H11NO2S.C3H7NO3/c1-10-4-6-11(7-5-10)22(20,21)15-9-13(17)16-8-2-3-12(16)14(18)19;1-9-3-2-4(6)5(7)8;4-2(1-5)3(6)7/h4-7,12,15H,2-3,8-9H2,1H3,(H,18,19);4H,2-3,6H2,1H3,(H,7,8);2,5H,1,4H2,(H,6,7)/t12-;4-;2-/m000/s1. The van der Waals surface area contributed by atoms with Crippen LogP contribution in [0.5, 0.6) is 0 Å². The van der Waals surface area contributed by atoms with E-state index in [9.17, 15) is 27.6 Å². The SMILES string of the molecule is CSCC[C@H](N)C(=O)O.Cc1ccc(S(=O)(=O)NCC(=O)N2CCC[C@H]2C(=O)O)cc1.N[C@@H](CO)C(=O)O. The van der Waals surface area contributed by atoms with Crippen LogP contribution in [0, 0.1) is 6.92 Å². The number of nitrogens with two attached hydrogens (primary N) is 2. The van der Waals surface area contributed by atoms with Gasteiger partial charge in [-0.3, -0.25) is 14.4 Å². The van der Waals surface area contributed by atoms with Gasteiger partial charge in [0.05, 0.1) is 18.0 Å². The van der Waals surface area contributed by atoms with Gasteiger partial charge in [-0.25, -0.2) is 17.9 Å². The second-order valence-corrected chi connectivity index (χ2v) is 10.8. The summed E-state index contributed by atoms with van der Waals surface area (Å²) in [7, 11) is -3.78. The van der Waals surface area contributed by atoms with Crippen LogP contribution in [-0.4, -0.2) is 107 Å². The number of carboxylic acid groups (broad SMARTS) is 3. The highest BCUT2D eigenvalue weighted by Crippen LogP contribution is 2.17. The number of aryl methyl sites for hydroxylation is 1. The highest BCUT2D eigenvalue weighted by atomic mass is 32.2. The molecule has 1 heterocycles. The first-order valence-corrected chi connectivity index (χ1v) is 14.2. The summed E-state index contributed by atoms with van der Waals surface area (Å²) < 4.78 is 26.4. The monoisotopic (exact) mass is 580 g/mol. The van der Waals surface area contributed by atoms with Crippen LogP contribution in [0.3, 0.4) is 0 Å². The number of hydrogen-bond donors (Lipinski definition) is 7. The molecule has 216 valence electrons. The van der Waals surface area contributed by atoms with Gasteiger partial charge in [0.25, 0.3) is 0 Å². The Labute approximate surface area is 225 Å². The van der Waals surface area contributed by atoms with Crippen LogP contribution in [0.15, 0.2) is 29.2 Å². The highest BCUT2D eigenvalue weighted by Gasteiger charge is 2.34. The van der Waals surface area contributed by atoms with Crippen molar-refractivity contribution in [2.45, 2.75) is 49.2 Å². The first-order valence-electron chi connectivity index (χ1n) is 11.3. The molecule has 0 bridgehead atoms. The van der Waals surface area contributed by atoms with E-state index in [4.69, 9.17) is 31.9 Å². The van der Waals surface area contributed by atoms with Crippen LogP contribution in [0.1, 0.15) is 24.8 Å². The predicted octanol–water partition coefficient (Wildman–Crippen LogP) is -1.11. The van der Waals surface area contributed by atoms with Gasteiger partial charge in [0, 0.05) is 6.54 Å². The van der Waals surface area contributed by atoms with Crippen molar-refractivity contribution >= 4 is 45.6 Å². The smallest absolute Gasteiger partial charge is 0.326 e. The number of carboxylic acids is 3. The lowest BCUT2D eigenvalue weighted by atomic mass is 10.2. The van der Waals surface area contributed by atoms with E-state index in [2.05, 4.69) is 4.72 Å². The molecule has 38 heavy (non-hydrogen) atoms. The third-order valence-electron chi connectivity index (χ3n) is 5.07. The third kappa shape index (κ3) is 13.2. The molecule has 1 fully saturated rings. The average Bonchev–Trinajstić information content (AvgIpc) is 3.37. The zero-order valence-corrected chi connectivity index (χ0v) is 22.8. The number of sulfonamides is 1. The molecule has 3 atom stereocenters. The molecule has 1 aromatic rings. The summed E-state index contributed by atoms with van der Waals surface area (Å²) in [5.41, 5.74) is 10.9. The molecule has 1 aliphatic heterocycles. The average molecular weight is 581 g/mol. The van der Waals surface area contributed by atoms with E-state index in [1.807, 2.05) is 13.2 Å². The van der Waals surface area contributed by atoms with Gasteiger partial charge in [0.2, 0.25) is 15.9 Å². The second kappa shape index (κ2) is 17.7. The molecule has 1 amide bonds. The molecular weight excluding hydrogens is 544 g/mol. The fraction of sp³-hybridized carbons (Fsp3) is 0.545. The quantitative estimate of drug-likeness (QED) is 0.164. The first-order chi connectivity index (χ1) is 17.7. The molecule has 1 aliphatic rings. The molecule has 1 saturated heterocycles. The number of benzene rings is 1. The van der Waals surface area contributed by atoms with E-state index in [1.54, 1.807) is 23.9 Å². The van der Waals surface area contributed by atoms with Crippen LogP contribution >= 0.6 is 11.8 Å². The minimum Gasteiger partial charge on any atom is -0.480 e. The number of hydrogen-bond acceptors (Lipinski definition) is 10. The fourth-order valence-corrected chi connectivity index (χ4v) is 4.29. The fourth-order valence-electron chi connectivity index (χ4n) is 2.83. The molecule has 14 nitrogen and oxygen atoms in total. The van der Waals surface area contributed by atoms with Crippen LogP contribution in [0.4, 0.5) is 0 Å². The van der Waals surface area contributed by atoms with Gasteiger partial charge in [-0.15, -0.1) is 0 Å². The topological polar surface area (TPSA) is 251 Å². The number of rotatable bonds is 11. The minimum atomic E-state index is -3.78. The number of nitrogens with one attached hydrogen (secondary N) is 1. The number of aliphatic hydroxyl groups is 1. The zero-order chi connectivity index (χ0) is 29.5. The molecule has 0 spiro atoms. The maximum absolute atomic E-state index is 12.1. The van der Waals surface area contributed by atoms with E-state index < -0.39 is 65.1 Å². The highest BCUT2D eigenvalue weighted by molar-refractivity contribution is 7.98.